The summed E-state index contributed by atoms with van der Waals surface area (Å²) in [6.07, 6.45) is 13.8. The van der Waals surface area contributed by atoms with Crippen LogP contribution in [-0.4, -0.2) is 59.2 Å². The second-order valence-corrected chi connectivity index (χ2v) is 11.9. The third kappa shape index (κ3) is 8.35. The summed E-state index contributed by atoms with van der Waals surface area (Å²) in [5, 5.41) is 4.13. The molecule has 1 unspecified atom stereocenters. The van der Waals surface area contributed by atoms with Gasteiger partial charge in [0.2, 0.25) is 5.91 Å². The zero-order chi connectivity index (χ0) is 28.3. The van der Waals surface area contributed by atoms with Crippen LogP contribution in [0.15, 0.2) is 5.38 Å². The van der Waals surface area contributed by atoms with Crippen LogP contribution in [0.5, 0.6) is 0 Å². The number of carbonyl (C=O) groups excluding carboxylic acids is 3. The van der Waals surface area contributed by atoms with E-state index < -0.39 is 45.7 Å². The molecule has 0 aromatic carbocycles. The molecular weight excluding hydrogens is 534 g/mol. The minimum Gasteiger partial charge on any atom is -0.467 e. The number of nitrogen functional groups attached to an aromatic ring is 1. The monoisotopic (exact) mass is 575 g/mol. The van der Waals surface area contributed by atoms with Crippen LogP contribution in [0, 0.1) is 0 Å². The first kappa shape index (κ1) is 31.9. The molecule has 0 spiro atoms. The molecule has 38 heavy (non-hydrogen) atoms. The number of nitrogens with zero attached hydrogens (tertiary/aromatic N) is 2. The standard InChI is InChI=1S/C24H41N5O7S2/c1-3-4-5-6-7-8-9-10-11-12-13-14-15-24(26,17-16-37-23(25)27-17)22(32)28-18-19(21(31)36-2)29(20(18)30)38(33,34)35/h16,18-19H,3-15,26H2,1-2H3,(H2,25,27)(H,28,32)(H,33,34,35)/t18-,19-,24?/m1/s1. The van der Waals surface area contributed by atoms with E-state index in [0.29, 0.717) is 6.42 Å². The number of carbonyl (C=O) groups is 3. The number of amides is 2. The maximum absolute atomic E-state index is 13.3. The van der Waals surface area contributed by atoms with E-state index in [2.05, 4.69) is 22.0 Å². The Morgan fingerprint density at radius 2 is 1.63 bits per heavy atom. The van der Waals surface area contributed by atoms with Crippen LogP contribution >= 0.6 is 11.3 Å². The van der Waals surface area contributed by atoms with Gasteiger partial charge in [0.05, 0.1) is 12.8 Å². The Labute approximate surface area is 228 Å². The van der Waals surface area contributed by atoms with Crippen molar-refractivity contribution in [3.63, 3.8) is 0 Å². The van der Waals surface area contributed by atoms with Gasteiger partial charge >= 0.3 is 16.3 Å². The summed E-state index contributed by atoms with van der Waals surface area (Å²) in [5.41, 5.74) is 10.8. The van der Waals surface area contributed by atoms with Crippen molar-refractivity contribution < 1.29 is 32.1 Å². The Hall–Kier alpha value is -2.29. The van der Waals surface area contributed by atoms with Crippen molar-refractivity contribution in [3.05, 3.63) is 11.1 Å². The molecule has 0 saturated carbocycles. The SMILES string of the molecule is CCCCCCCCCCCCCCC(N)(C(=O)N[C@H]1C(=O)N(S(=O)(=O)O)[C@H]1C(=O)OC)c1csc(N)n1. The summed E-state index contributed by atoms with van der Waals surface area (Å²) >= 11 is 1.11. The summed E-state index contributed by atoms with van der Waals surface area (Å²) in [7, 11) is -4.04. The van der Waals surface area contributed by atoms with Crippen LogP contribution in [0.2, 0.25) is 0 Å². The predicted octanol–water partition coefficient (Wildman–Crippen LogP) is 2.64. The molecule has 3 atom stereocenters. The Morgan fingerprint density at radius 1 is 1.11 bits per heavy atom. The normalized spacial score (nSPS) is 19.1. The van der Waals surface area contributed by atoms with Crippen LogP contribution in [0.25, 0.3) is 0 Å². The smallest absolute Gasteiger partial charge is 0.363 e. The number of hydrogen-bond acceptors (Lipinski definition) is 10. The molecule has 0 bridgehead atoms. The molecule has 1 saturated heterocycles. The highest BCUT2D eigenvalue weighted by molar-refractivity contribution is 7.84. The average molecular weight is 576 g/mol. The molecule has 1 aromatic rings. The number of rotatable bonds is 18. The van der Waals surface area contributed by atoms with Gasteiger partial charge in [-0.25, -0.2) is 9.78 Å². The molecular formula is C24H41N5O7S2. The maximum atomic E-state index is 13.3. The van der Waals surface area contributed by atoms with E-state index in [1.165, 1.54) is 44.9 Å². The second kappa shape index (κ2) is 14.8. The van der Waals surface area contributed by atoms with Gasteiger partial charge in [-0.1, -0.05) is 84.0 Å². The number of nitrogens with one attached hydrogen (secondary N) is 1. The highest BCUT2D eigenvalue weighted by Gasteiger charge is 2.59. The minimum absolute atomic E-state index is 0.0337. The lowest BCUT2D eigenvalue weighted by molar-refractivity contribution is -0.162. The highest BCUT2D eigenvalue weighted by Crippen LogP contribution is 2.30. The van der Waals surface area contributed by atoms with Crippen molar-refractivity contribution in [1.82, 2.24) is 14.6 Å². The van der Waals surface area contributed by atoms with Crippen molar-refractivity contribution in [2.75, 3.05) is 12.8 Å². The Kier molecular flexibility index (Phi) is 12.4. The van der Waals surface area contributed by atoms with Crippen molar-refractivity contribution in [2.45, 2.75) is 108 Å². The Bertz CT molecular complexity index is 1050. The van der Waals surface area contributed by atoms with E-state index in [0.717, 1.165) is 44.1 Å². The molecule has 0 radical (unpaired) electrons. The van der Waals surface area contributed by atoms with Gasteiger partial charge in [0.1, 0.15) is 11.6 Å². The predicted molar refractivity (Wildman–Crippen MR) is 144 cm³/mol. The summed E-state index contributed by atoms with van der Waals surface area (Å²) in [6, 6.07) is -3.32. The number of β-lactam (4-membered cyclic amide) rings is 1. The number of esters is 1. The number of hydrogen-bond donors (Lipinski definition) is 4. The van der Waals surface area contributed by atoms with E-state index in [9.17, 15) is 27.4 Å². The van der Waals surface area contributed by atoms with E-state index in [4.69, 9.17) is 11.5 Å². The van der Waals surface area contributed by atoms with Crippen molar-refractivity contribution in [2.24, 2.45) is 5.73 Å². The van der Waals surface area contributed by atoms with Crippen LogP contribution in [-0.2, 0) is 35.0 Å². The van der Waals surface area contributed by atoms with Gasteiger partial charge in [0.25, 0.3) is 5.91 Å². The molecule has 2 rings (SSSR count). The van der Waals surface area contributed by atoms with Gasteiger partial charge < -0.3 is 21.5 Å². The fraction of sp³-hybridized carbons (Fsp3) is 0.750. The van der Waals surface area contributed by atoms with E-state index in [-0.39, 0.29) is 21.6 Å². The lowest BCUT2D eigenvalue weighted by Crippen LogP contribution is -2.75. The van der Waals surface area contributed by atoms with Crippen LogP contribution < -0.4 is 16.8 Å². The van der Waals surface area contributed by atoms with Crippen LogP contribution in [0.3, 0.4) is 0 Å². The van der Waals surface area contributed by atoms with Gasteiger partial charge in [0, 0.05) is 5.38 Å². The molecule has 14 heteroatoms. The van der Waals surface area contributed by atoms with Crippen LogP contribution in [0.4, 0.5) is 5.13 Å². The number of thiazole rings is 1. The molecule has 0 aliphatic carbocycles. The lowest BCUT2D eigenvalue weighted by Gasteiger charge is -2.43. The van der Waals surface area contributed by atoms with Gasteiger partial charge in [-0.15, -0.1) is 11.3 Å². The van der Waals surface area contributed by atoms with Crippen molar-refractivity contribution in [1.29, 1.82) is 0 Å². The van der Waals surface area contributed by atoms with E-state index in [1.54, 1.807) is 5.38 Å². The van der Waals surface area contributed by atoms with Crippen LogP contribution in [0.1, 0.15) is 96.1 Å². The third-order valence-electron chi connectivity index (χ3n) is 6.84. The quantitative estimate of drug-likeness (QED) is 0.0874. The fourth-order valence-electron chi connectivity index (χ4n) is 4.58. The first-order valence-corrected chi connectivity index (χ1v) is 15.4. The van der Waals surface area contributed by atoms with E-state index >= 15 is 0 Å². The molecule has 216 valence electrons. The summed E-state index contributed by atoms with van der Waals surface area (Å²) in [5.74, 6) is -3.11. The number of unbranched alkanes of at least 4 members (excludes halogenated alkanes) is 11. The summed E-state index contributed by atoms with van der Waals surface area (Å²) in [6.45, 7) is 2.21. The largest absolute Gasteiger partial charge is 0.467 e. The van der Waals surface area contributed by atoms with Crippen molar-refractivity contribution in [3.8, 4) is 0 Å². The Balaban J connectivity index is 1.94. The molecule has 1 fully saturated rings. The first-order valence-electron chi connectivity index (χ1n) is 13.2. The maximum Gasteiger partial charge on any atom is 0.363 e. The molecule has 2 heterocycles. The topological polar surface area (TPSA) is 195 Å². The number of methoxy groups -OCH3 is 1. The molecule has 6 N–H and O–H groups in total. The highest BCUT2D eigenvalue weighted by atomic mass is 32.2. The number of ether oxygens (including phenoxy) is 1. The number of aromatic nitrogens is 1. The molecule has 1 aromatic heterocycles. The molecule has 1 aliphatic rings. The first-order chi connectivity index (χ1) is 18.0. The number of nitrogens with two attached hydrogens (primary N) is 2. The molecule has 2 amide bonds. The minimum atomic E-state index is -5.03. The van der Waals surface area contributed by atoms with Gasteiger partial charge in [0.15, 0.2) is 11.2 Å². The average Bonchev–Trinajstić information content (AvgIpc) is 3.31. The summed E-state index contributed by atoms with van der Waals surface area (Å²) < 4.78 is 36.9. The third-order valence-corrected chi connectivity index (χ3v) is 8.42. The van der Waals surface area contributed by atoms with Crippen molar-refractivity contribution >= 4 is 44.6 Å². The van der Waals surface area contributed by atoms with Gasteiger partial charge in [-0.2, -0.15) is 12.7 Å². The Morgan fingerprint density at radius 3 is 2.08 bits per heavy atom. The summed E-state index contributed by atoms with van der Waals surface area (Å²) in [4.78, 5) is 42.0. The van der Waals surface area contributed by atoms with E-state index in [1.807, 2.05) is 0 Å². The zero-order valence-electron chi connectivity index (χ0n) is 22.2. The fourth-order valence-corrected chi connectivity index (χ4v) is 6.06. The zero-order valence-corrected chi connectivity index (χ0v) is 23.8. The van der Waals surface area contributed by atoms with Gasteiger partial charge in [-0.05, 0) is 6.42 Å². The molecule has 1 aliphatic heterocycles. The van der Waals surface area contributed by atoms with Gasteiger partial charge in [-0.3, -0.25) is 14.1 Å². The second-order valence-electron chi connectivity index (χ2n) is 9.71. The molecule has 12 nitrogen and oxygen atoms in total. The lowest BCUT2D eigenvalue weighted by atomic mass is 9.87. The number of anilines is 1.